The molecule has 0 fully saturated rings. The van der Waals surface area contributed by atoms with E-state index >= 15 is 0 Å². The van der Waals surface area contributed by atoms with Crippen LogP contribution in [0.1, 0.15) is 84.4 Å². The molecule has 0 aliphatic rings. The molecule has 0 spiro atoms. The number of carbonyl (C=O) groups excluding carboxylic acids is 3. The van der Waals surface area contributed by atoms with Crippen LogP contribution in [0.2, 0.25) is 0 Å². The zero-order valence-electron chi connectivity index (χ0n) is 22.8. The molecule has 0 aromatic heterocycles. The summed E-state index contributed by atoms with van der Waals surface area (Å²) in [7, 11) is 0. The van der Waals surface area contributed by atoms with Gasteiger partial charge in [0.15, 0.2) is 0 Å². The number of alkyl carbamates (subject to hydrolysis) is 1. The van der Waals surface area contributed by atoms with Crippen molar-refractivity contribution in [3.8, 4) is 12.3 Å². The van der Waals surface area contributed by atoms with Gasteiger partial charge in [-0.3, -0.25) is 9.59 Å². The standard InChI is InChI=1S/C28H43N3O4S/c1-9-11-14-18-31(26(33)23(17-19-36-8)30-27(34)35-28(5,6)7)24(25(32)29-20(3)4)22-16-13-12-15-21(22)10-2/h2,12-13,15-16,20,23-24H,9,11,14,17-19H2,1,3-8H3,(H,29,32)(H,30,34). The molecule has 0 bridgehead atoms. The van der Waals surface area contributed by atoms with E-state index in [1.807, 2.05) is 32.2 Å². The molecule has 0 aliphatic heterocycles. The third-order valence-corrected chi connectivity index (χ3v) is 5.93. The molecule has 0 radical (unpaired) electrons. The first-order valence-corrected chi connectivity index (χ1v) is 14.0. The number of nitrogens with one attached hydrogen (secondary N) is 2. The Morgan fingerprint density at radius 3 is 2.36 bits per heavy atom. The number of ether oxygens (including phenoxy) is 1. The first-order chi connectivity index (χ1) is 16.9. The number of thioether (sulfide) groups is 1. The van der Waals surface area contributed by atoms with E-state index in [0.29, 0.717) is 36.3 Å². The Hall–Kier alpha value is -2.66. The normalized spacial score (nSPS) is 12.9. The SMILES string of the molecule is C#Cc1ccccc1C(C(=O)NC(C)C)N(CCCCC)C(=O)C(CCSC)NC(=O)OC(C)(C)C. The summed E-state index contributed by atoms with van der Waals surface area (Å²) in [6, 6.07) is 5.28. The Bertz CT molecular complexity index is 905. The topological polar surface area (TPSA) is 87.7 Å². The molecule has 3 amide bonds. The van der Waals surface area contributed by atoms with Crippen molar-refractivity contribution in [3.05, 3.63) is 35.4 Å². The number of rotatable bonds is 13. The van der Waals surface area contributed by atoms with Gasteiger partial charge in [-0.05, 0) is 71.1 Å². The van der Waals surface area contributed by atoms with Crippen LogP contribution in [0.4, 0.5) is 4.79 Å². The first-order valence-electron chi connectivity index (χ1n) is 12.6. The van der Waals surface area contributed by atoms with Crippen molar-refractivity contribution >= 4 is 29.7 Å². The zero-order valence-corrected chi connectivity index (χ0v) is 23.7. The van der Waals surface area contributed by atoms with Gasteiger partial charge in [-0.15, -0.1) is 6.42 Å². The number of carbonyl (C=O) groups is 3. The van der Waals surface area contributed by atoms with Crippen LogP contribution in [0.5, 0.6) is 0 Å². The van der Waals surface area contributed by atoms with Gasteiger partial charge < -0.3 is 20.3 Å². The van der Waals surface area contributed by atoms with E-state index in [2.05, 4.69) is 23.5 Å². The molecule has 1 rings (SSSR count). The summed E-state index contributed by atoms with van der Waals surface area (Å²) in [5, 5.41) is 5.71. The fourth-order valence-electron chi connectivity index (χ4n) is 3.72. The van der Waals surface area contributed by atoms with Crippen LogP contribution in [0.25, 0.3) is 0 Å². The Kier molecular flexibility index (Phi) is 13.5. The highest BCUT2D eigenvalue weighted by Gasteiger charge is 2.37. The lowest BCUT2D eigenvalue weighted by molar-refractivity contribution is -0.142. The van der Waals surface area contributed by atoms with Crippen molar-refractivity contribution < 1.29 is 19.1 Å². The first kappa shape index (κ1) is 31.4. The summed E-state index contributed by atoms with van der Waals surface area (Å²) in [6.45, 7) is 11.5. The molecule has 36 heavy (non-hydrogen) atoms. The number of benzene rings is 1. The van der Waals surface area contributed by atoms with Crippen LogP contribution in [0.15, 0.2) is 24.3 Å². The third-order valence-electron chi connectivity index (χ3n) is 5.29. The van der Waals surface area contributed by atoms with Crippen molar-refractivity contribution in [1.29, 1.82) is 0 Å². The molecule has 0 heterocycles. The van der Waals surface area contributed by atoms with Crippen molar-refractivity contribution in [2.75, 3.05) is 18.6 Å². The number of nitrogens with zero attached hydrogens (tertiary/aromatic N) is 1. The van der Waals surface area contributed by atoms with Crippen LogP contribution in [0.3, 0.4) is 0 Å². The quantitative estimate of drug-likeness (QED) is 0.287. The van der Waals surface area contributed by atoms with Gasteiger partial charge >= 0.3 is 6.09 Å². The highest BCUT2D eigenvalue weighted by molar-refractivity contribution is 7.98. The van der Waals surface area contributed by atoms with Gasteiger partial charge in [0.1, 0.15) is 17.7 Å². The average Bonchev–Trinajstić information content (AvgIpc) is 2.79. The minimum absolute atomic E-state index is 0.127. The molecule has 200 valence electrons. The van der Waals surface area contributed by atoms with E-state index < -0.39 is 23.8 Å². The molecular formula is C28H43N3O4S. The second kappa shape index (κ2) is 15.5. The van der Waals surface area contributed by atoms with E-state index in [1.165, 1.54) is 0 Å². The van der Waals surface area contributed by atoms with Crippen LogP contribution in [-0.4, -0.2) is 59.0 Å². The van der Waals surface area contributed by atoms with Gasteiger partial charge in [0.2, 0.25) is 11.8 Å². The molecule has 8 heteroatoms. The van der Waals surface area contributed by atoms with E-state index in [9.17, 15) is 14.4 Å². The highest BCUT2D eigenvalue weighted by atomic mass is 32.2. The highest BCUT2D eigenvalue weighted by Crippen LogP contribution is 2.27. The van der Waals surface area contributed by atoms with Crippen molar-refractivity contribution in [2.45, 2.75) is 91.0 Å². The van der Waals surface area contributed by atoms with Crippen LogP contribution in [-0.2, 0) is 14.3 Å². The fraction of sp³-hybridized carbons (Fsp3) is 0.607. The molecule has 2 unspecified atom stereocenters. The van der Waals surface area contributed by atoms with Crippen molar-refractivity contribution in [3.63, 3.8) is 0 Å². The lowest BCUT2D eigenvalue weighted by Gasteiger charge is -2.35. The number of amides is 3. The maximum Gasteiger partial charge on any atom is 0.408 e. The molecule has 2 N–H and O–H groups in total. The summed E-state index contributed by atoms with van der Waals surface area (Å²) in [5.41, 5.74) is 0.433. The second-order valence-electron chi connectivity index (χ2n) is 10.0. The summed E-state index contributed by atoms with van der Waals surface area (Å²) in [5.74, 6) is 2.67. The van der Waals surface area contributed by atoms with Crippen molar-refractivity contribution in [2.24, 2.45) is 0 Å². The monoisotopic (exact) mass is 517 g/mol. The van der Waals surface area contributed by atoms with E-state index in [0.717, 1.165) is 12.8 Å². The van der Waals surface area contributed by atoms with E-state index in [-0.39, 0.29) is 17.9 Å². The minimum atomic E-state index is -0.929. The number of unbranched alkanes of at least 4 members (excludes halogenated alkanes) is 2. The Morgan fingerprint density at radius 2 is 1.81 bits per heavy atom. The predicted molar refractivity (Wildman–Crippen MR) is 148 cm³/mol. The largest absolute Gasteiger partial charge is 0.444 e. The molecule has 1 aromatic rings. The third kappa shape index (κ3) is 10.5. The van der Waals surface area contributed by atoms with Crippen molar-refractivity contribution in [1.82, 2.24) is 15.5 Å². The second-order valence-corrected chi connectivity index (χ2v) is 11.0. The van der Waals surface area contributed by atoms with Gasteiger partial charge in [0, 0.05) is 18.2 Å². The van der Waals surface area contributed by atoms with Gasteiger partial charge in [-0.25, -0.2) is 4.79 Å². The molecule has 0 saturated carbocycles. The lowest BCUT2D eigenvalue weighted by atomic mass is 9.96. The lowest BCUT2D eigenvalue weighted by Crippen LogP contribution is -2.54. The maximum absolute atomic E-state index is 14.1. The molecule has 2 atom stereocenters. The van der Waals surface area contributed by atoms with E-state index in [1.54, 1.807) is 49.6 Å². The van der Waals surface area contributed by atoms with Gasteiger partial charge in [-0.1, -0.05) is 43.9 Å². The molecule has 1 aromatic carbocycles. The van der Waals surface area contributed by atoms with Gasteiger partial charge in [0.05, 0.1) is 0 Å². The smallest absolute Gasteiger partial charge is 0.408 e. The Morgan fingerprint density at radius 1 is 1.14 bits per heavy atom. The summed E-state index contributed by atoms with van der Waals surface area (Å²) in [6.07, 6.45) is 10.0. The fourth-order valence-corrected chi connectivity index (χ4v) is 4.19. The summed E-state index contributed by atoms with van der Waals surface area (Å²) < 4.78 is 5.42. The predicted octanol–water partition coefficient (Wildman–Crippen LogP) is 4.90. The number of hydrogen-bond donors (Lipinski definition) is 2. The van der Waals surface area contributed by atoms with Crippen LogP contribution >= 0.6 is 11.8 Å². The Balaban J connectivity index is 3.53. The number of terminal acetylenes is 1. The Labute approximate surface area is 221 Å². The summed E-state index contributed by atoms with van der Waals surface area (Å²) in [4.78, 5) is 41.8. The van der Waals surface area contributed by atoms with Crippen LogP contribution < -0.4 is 10.6 Å². The minimum Gasteiger partial charge on any atom is -0.444 e. The summed E-state index contributed by atoms with van der Waals surface area (Å²) >= 11 is 1.58. The van der Waals surface area contributed by atoms with Crippen LogP contribution in [0, 0.1) is 12.3 Å². The van der Waals surface area contributed by atoms with Gasteiger partial charge in [-0.2, -0.15) is 11.8 Å². The average molecular weight is 518 g/mol. The number of hydrogen-bond acceptors (Lipinski definition) is 5. The molecular weight excluding hydrogens is 474 g/mol. The van der Waals surface area contributed by atoms with Gasteiger partial charge in [0.25, 0.3) is 0 Å². The molecule has 7 nitrogen and oxygen atoms in total. The molecule has 0 saturated heterocycles. The van der Waals surface area contributed by atoms with E-state index in [4.69, 9.17) is 11.2 Å². The zero-order chi connectivity index (χ0) is 27.3. The molecule has 0 aliphatic carbocycles. The maximum atomic E-state index is 14.1.